The number of nitrogens with zero attached hydrogens (tertiary/aromatic N) is 3. The Balaban J connectivity index is 1.64. The Hall–Kier alpha value is -3.82. The van der Waals surface area contributed by atoms with E-state index in [0.717, 1.165) is 28.3 Å². The van der Waals surface area contributed by atoms with Crippen molar-refractivity contribution in [3.05, 3.63) is 90.0 Å². The molecule has 0 saturated carbocycles. The Morgan fingerprint density at radius 1 is 0.871 bits per heavy atom. The summed E-state index contributed by atoms with van der Waals surface area (Å²) < 4.78 is 5.84. The van der Waals surface area contributed by atoms with Crippen LogP contribution in [0.5, 0.6) is 11.5 Å². The van der Waals surface area contributed by atoms with Crippen LogP contribution in [0, 0.1) is 18.3 Å². The zero-order valence-electron chi connectivity index (χ0n) is 17.2. The molecular formula is C25H20N4OS. The third-order valence-corrected chi connectivity index (χ3v) is 5.15. The lowest BCUT2D eigenvalue weighted by Crippen LogP contribution is -2.03. The lowest BCUT2D eigenvalue weighted by molar-refractivity contribution is 0.483. The smallest absolute Gasteiger partial charge is 0.189 e. The summed E-state index contributed by atoms with van der Waals surface area (Å²) in [5.74, 6) is 1.98. The summed E-state index contributed by atoms with van der Waals surface area (Å²) in [7, 11) is 0. The van der Waals surface area contributed by atoms with E-state index in [9.17, 15) is 5.26 Å². The molecule has 0 aliphatic rings. The van der Waals surface area contributed by atoms with Crippen LogP contribution in [0.3, 0.4) is 0 Å². The maximum Gasteiger partial charge on any atom is 0.189 e. The van der Waals surface area contributed by atoms with Crippen molar-refractivity contribution >= 4 is 23.3 Å². The molecule has 3 aromatic carbocycles. The molecule has 4 aromatic rings. The number of nitrogens with one attached hydrogen (secondary N) is 1. The summed E-state index contributed by atoms with van der Waals surface area (Å²) in [6.07, 6.45) is 1.92. The van der Waals surface area contributed by atoms with E-state index >= 15 is 0 Å². The second-order valence-corrected chi connectivity index (χ2v) is 7.60. The zero-order valence-corrected chi connectivity index (χ0v) is 18.0. The van der Waals surface area contributed by atoms with Gasteiger partial charge in [-0.25, -0.2) is 9.97 Å². The second-order valence-electron chi connectivity index (χ2n) is 6.82. The Morgan fingerprint density at radius 2 is 1.55 bits per heavy atom. The van der Waals surface area contributed by atoms with Crippen LogP contribution in [0.25, 0.3) is 11.3 Å². The highest BCUT2D eigenvalue weighted by molar-refractivity contribution is 7.98. The highest BCUT2D eigenvalue weighted by atomic mass is 32.2. The molecule has 0 saturated heterocycles. The molecule has 0 bridgehead atoms. The van der Waals surface area contributed by atoms with E-state index in [1.54, 1.807) is 0 Å². The van der Waals surface area contributed by atoms with Crippen molar-refractivity contribution in [2.75, 3.05) is 11.6 Å². The van der Waals surface area contributed by atoms with Crippen molar-refractivity contribution in [3.8, 4) is 28.8 Å². The predicted molar refractivity (Wildman–Crippen MR) is 125 cm³/mol. The van der Waals surface area contributed by atoms with Gasteiger partial charge in [-0.1, -0.05) is 59.8 Å². The van der Waals surface area contributed by atoms with Crippen molar-refractivity contribution in [2.24, 2.45) is 0 Å². The molecule has 1 aromatic heterocycles. The second kappa shape index (κ2) is 9.33. The van der Waals surface area contributed by atoms with Gasteiger partial charge in [0.2, 0.25) is 0 Å². The first-order valence-electron chi connectivity index (χ1n) is 9.69. The molecule has 0 aliphatic heterocycles. The molecule has 6 heteroatoms. The number of hydrogen-bond acceptors (Lipinski definition) is 6. The van der Waals surface area contributed by atoms with Gasteiger partial charge in [-0.2, -0.15) is 5.26 Å². The first kappa shape index (κ1) is 20.5. The summed E-state index contributed by atoms with van der Waals surface area (Å²) in [6, 6.07) is 27.4. The number of rotatable bonds is 6. The van der Waals surface area contributed by atoms with Gasteiger partial charge in [-0.3, -0.25) is 0 Å². The Morgan fingerprint density at radius 3 is 2.19 bits per heavy atom. The van der Waals surface area contributed by atoms with Gasteiger partial charge >= 0.3 is 0 Å². The molecule has 31 heavy (non-hydrogen) atoms. The van der Waals surface area contributed by atoms with Crippen molar-refractivity contribution in [1.82, 2.24) is 9.97 Å². The Kier molecular flexibility index (Phi) is 6.16. The number of aromatic nitrogens is 2. The minimum atomic E-state index is 0.409. The van der Waals surface area contributed by atoms with Gasteiger partial charge in [0.05, 0.1) is 5.69 Å². The fraction of sp³-hybridized carbons (Fsp3) is 0.0800. The van der Waals surface area contributed by atoms with Gasteiger partial charge in [0.1, 0.15) is 23.1 Å². The summed E-state index contributed by atoms with van der Waals surface area (Å²) in [5, 5.41) is 13.7. The summed E-state index contributed by atoms with van der Waals surface area (Å²) >= 11 is 1.44. The number of ether oxygens (including phenoxy) is 1. The lowest BCUT2D eigenvalue weighted by Gasteiger charge is -2.13. The highest BCUT2D eigenvalue weighted by Crippen LogP contribution is 2.31. The van der Waals surface area contributed by atoms with Crippen LogP contribution in [0.15, 0.2) is 84.0 Å². The van der Waals surface area contributed by atoms with Crippen LogP contribution in [0.1, 0.15) is 11.1 Å². The third kappa shape index (κ3) is 4.85. The zero-order chi connectivity index (χ0) is 21.6. The largest absolute Gasteiger partial charge is 0.457 e. The summed E-state index contributed by atoms with van der Waals surface area (Å²) in [4.78, 5) is 9.13. The van der Waals surface area contributed by atoms with Gasteiger partial charge in [0.25, 0.3) is 0 Å². The van der Waals surface area contributed by atoms with E-state index in [1.807, 2.05) is 92.0 Å². The maximum atomic E-state index is 9.87. The van der Waals surface area contributed by atoms with Crippen LogP contribution in [0.4, 0.5) is 11.5 Å². The fourth-order valence-electron chi connectivity index (χ4n) is 3.02. The van der Waals surface area contributed by atoms with Crippen molar-refractivity contribution in [1.29, 1.82) is 5.26 Å². The van der Waals surface area contributed by atoms with Gasteiger partial charge in [-0.15, -0.1) is 0 Å². The van der Waals surface area contributed by atoms with Crippen molar-refractivity contribution < 1.29 is 4.74 Å². The molecular weight excluding hydrogens is 404 g/mol. The van der Waals surface area contributed by atoms with Gasteiger partial charge < -0.3 is 10.1 Å². The number of benzene rings is 3. The number of aryl methyl sites for hydroxylation is 1. The van der Waals surface area contributed by atoms with Crippen molar-refractivity contribution in [3.63, 3.8) is 0 Å². The highest BCUT2D eigenvalue weighted by Gasteiger charge is 2.16. The quantitative estimate of drug-likeness (QED) is 0.278. The molecule has 0 fully saturated rings. The molecule has 0 spiro atoms. The van der Waals surface area contributed by atoms with E-state index in [2.05, 4.69) is 21.4 Å². The summed E-state index contributed by atoms with van der Waals surface area (Å²) in [6.45, 7) is 2.03. The number of hydrogen-bond donors (Lipinski definition) is 1. The van der Waals surface area contributed by atoms with Crippen molar-refractivity contribution in [2.45, 2.75) is 12.1 Å². The Bertz CT molecular complexity index is 1220. The minimum absolute atomic E-state index is 0.409. The number of nitriles is 1. The monoisotopic (exact) mass is 424 g/mol. The van der Waals surface area contributed by atoms with Crippen LogP contribution >= 0.6 is 11.8 Å². The van der Waals surface area contributed by atoms with Crippen LogP contribution in [0.2, 0.25) is 0 Å². The molecule has 0 radical (unpaired) electrons. The van der Waals surface area contributed by atoms with E-state index in [0.29, 0.717) is 22.2 Å². The van der Waals surface area contributed by atoms with E-state index in [4.69, 9.17) is 4.74 Å². The average molecular weight is 425 g/mol. The van der Waals surface area contributed by atoms with Crippen LogP contribution in [-0.4, -0.2) is 16.2 Å². The van der Waals surface area contributed by atoms with Gasteiger partial charge in [-0.05, 0) is 49.6 Å². The summed E-state index contributed by atoms with van der Waals surface area (Å²) in [5.41, 5.74) is 3.87. The molecule has 0 unspecified atom stereocenters. The standard InChI is InChI=1S/C25H20N4OS/c1-17-8-10-18(11-9-17)23-22(16-26)24(29-25(28-23)31-2)27-19-12-14-21(15-13-19)30-20-6-4-3-5-7-20/h3-15H,1-2H3,(H,27,28,29). The SMILES string of the molecule is CSc1nc(Nc2ccc(Oc3ccccc3)cc2)c(C#N)c(-c2ccc(C)cc2)n1. The topological polar surface area (TPSA) is 70.8 Å². The number of anilines is 2. The first-order valence-corrected chi connectivity index (χ1v) is 10.9. The number of thioether (sulfide) groups is 1. The molecule has 1 heterocycles. The average Bonchev–Trinajstić information content (AvgIpc) is 2.81. The van der Waals surface area contributed by atoms with Gasteiger partial charge in [0.15, 0.2) is 11.0 Å². The lowest BCUT2D eigenvalue weighted by atomic mass is 10.1. The first-order chi connectivity index (χ1) is 15.2. The number of para-hydroxylation sites is 1. The molecule has 0 aliphatic carbocycles. The van der Waals surface area contributed by atoms with Crippen LogP contribution in [-0.2, 0) is 0 Å². The fourth-order valence-corrected chi connectivity index (χ4v) is 3.38. The van der Waals surface area contributed by atoms with Gasteiger partial charge in [0, 0.05) is 11.3 Å². The molecule has 152 valence electrons. The van der Waals surface area contributed by atoms with E-state index in [1.165, 1.54) is 11.8 Å². The maximum absolute atomic E-state index is 9.87. The van der Waals surface area contributed by atoms with E-state index in [-0.39, 0.29) is 0 Å². The minimum Gasteiger partial charge on any atom is -0.457 e. The normalized spacial score (nSPS) is 10.4. The molecule has 5 nitrogen and oxygen atoms in total. The van der Waals surface area contributed by atoms with Crippen LogP contribution < -0.4 is 10.1 Å². The predicted octanol–water partition coefficient (Wildman–Crippen LogP) is 6.58. The molecule has 1 N–H and O–H groups in total. The molecule has 0 atom stereocenters. The van der Waals surface area contributed by atoms with E-state index < -0.39 is 0 Å². The third-order valence-electron chi connectivity index (χ3n) is 4.60. The molecule has 0 amide bonds. The molecule has 4 rings (SSSR count). The Labute approximate surface area is 185 Å².